The van der Waals surface area contributed by atoms with Gasteiger partial charge >= 0.3 is 0 Å². The van der Waals surface area contributed by atoms with Gasteiger partial charge in [-0.15, -0.1) is 0 Å². The van der Waals surface area contributed by atoms with Crippen molar-refractivity contribution in [1.82, 2.24) is 0 Å². The molecule has 0 aliphatic carbocycles. The van der Waals surface area contributed by atoms with Crippen molar-refractivity contribution in [2.75, 3.05) is 5.32 Å². The molecule has 4 heteroatoms. The topological polar surface area (TPSA) is 38.3 Å². The zero-order valence-electron chi connectivity index (χ0n) is 10.5. The third-order valence-corrected chi connectivity index (χ3v) is 2.90. The van der Waals surface area contributed by atoms with Gasteiger partial charge in [0.2, 0.25) is 5.91 Å². The van der Waals surface area contributed by atoms with Gasteiger partial charge in [-0.05, 0) is 17.7 Å². The van der Waals surface area contributed by atoms with Crippen molar-refractivity contribution in [3.63, 3.8) is 0 Å². The lowest BCUT2D eigenvalue weighted by molar-refractivity contribution is -0.114. The second-order valence-electron chi connectivity index (χ2n) is 4.13. The molecule has 0 fully saturated rings. The highest BCUT2D eigenvalue weighted by Crippen LogP contribution is 2.25. The molecular weight excluding hydrogens is 306 g/mol. The molecule has 2 aromatic rings. The lowest BCUT2D eigenvalue weighted by Crippen LogP contribution is -2.06. The summed E-state index contributed by atoms with van der Waals surface area (Å²) < 4.78 is 6.58. The summed E-state index contributed by atoms with van der Waals surface area (Å²) in [5.41, 5.74) is 1.81. The van der Waals surface area contributed by atoms with Crippen LogP contribution >= 0.6 is 15.9 Å². The minimum atomic E-state index is -0.105. The second kappa shape index (κ2) is 6.38. The van der Waals surface area contributed by atoms with Gasteiger partial charge in [0.1, 0.15) is 12.4 Å². The molecule has 0 saturated heterocycles. The monoisotopic (exact) mass is 319 g/mol. The normalized spacial score (nSPS) is 10.0. The van der Waals surface area contributed by atoms with E-state index in [1.54, 1.807) is 6.07 Å². The fourth-order valence-electron chi connectivity index (χ4n) is 1.66. The van der Waals surface area contributed by atoms with Crippen LogP contribution in [0.5, 0.6) is 5.75 Å². The van der Waals surface area contributed by atoms with Crippen LogP contribution in [0.1, 0.15) is 12.5 Å². The highest BCUT2D eigenvalue weighted by Gasteiger charge is 2.02. The van der Waals surface area contributed by atoms with E-state index in [1.807, 2.05) is 42.5 Å². The standard InChI is InChI=1S/C15H14BrNO2/c1-11(18)17-14-7-13(16)8-15(9-14)19-10-12-5-3-2-4-6-12/h2-9H,10H2,1H3,(H,17,18). The molecule has 0 aromatic heterocycles. The number of hydrogen-bond acceptors (Lipinski definition) is 2. The Hall–Kier alpha value is -1.81. The van der Waals surface area contributed by atoms with Crippen LogP contribution in [-0.4, -0.2) is 5.91 Å². The first-order valence-electron chi connectivity index (χ1n) is 5.88. The van der Waals surface area contributed by atoms with Crippen molar-refractivity contribution in [2.45, 2.75) is 13.5 Å². The lowest BCUT2D eigenvalue weighted by atomic mass is 10.2. The summed E-state index contributed by atoms with van der Waals surface area (Å²) in [4.78, 5) is 11.0. The first kappa shape index (κ1) is 13.6. The number of ether oxygens (including phenoxy) is 1. The number of amides is 1. The largest absolute Gasteiger partial charge is 0.489 e. The minimum absolute atomic E-state index is 0.105. The Kier molecular flexibility index (Phi) is 4.58. The number of anilines is 1. The molecule has 0 bridgehead atoms. The molecule has 0 atom stereocenters. The van der Waals surface area contributed by atoms with Crippen molar-refractivity contribution in [3.8, 4) is 5.75 Å². The van der Waals surface area contributed by atoms with Gasteiger partial charge in [-0.3, -0.25) is 4.79 Å². The Morgan fingerprint density at radius 3 is 2.63 bits per heavy atom. The number of carbonyl (C=O) groups is 1. The molecule has 0 aliphatic rings. The van der Waals surface area contributed by atoms with Crippen LogP contribution in [0, 0.1) is 0 Å². The zero-order chi connectivity index (χ0) is 13.7. The Labute approximate surface area is 120 Å². The summed E-state index contributed by atoms with van der Waals surface area (Å²) in [5.74, 6) is 0.606. The van der Waals surface area contributed by atoms with Crippen LogP contribution < -0.4 is 10.1 Å². The van der Waals surface area contributed by atoms with Gasteiger partial charge in [0.25, 0.3) is 0 Å². The predicted molar refractivity (Wildman–Crippen MR) is 79.2 cm³/mol. The van der Waals surface area contributed by atoms with E-state index >= 15 is 0 Å². The van der Waals surface area contributed by atoms with Crippen molar-refractivity contribution >= 4 is 27.5 Å². The van der Waals surface area contributed by atoms with Crippen LogP contribution in [0.15, 0.2) is 53.0 Å². The van der Waals surface area contributed by atoms with E-state index in [2.05, 4.69) is 21.2 Å². The summed E-state index contributed by atoms with van der Waals surface area (Å²) in [7, 11) is 0. The van der Waals surface area contributed by atoms with E-state index in [0.717, 1.165) is 10.0 Å². The fourth-order valence-corrected chi connectivity index (χ4v) is 2.13. The molecule has 3 nitrogen and oxygen atoms in total. The number of nitrogens with one attached hydrogen (secondary N) is 1. The Bertz CT molecular complexity index is 570. The molecule has 1 amide bonds. The molecular formula is C15H14BrNO2. The summed E-state index contributed by atoms with van der Waals surface area (Å²) >= 11 is 3.40. The zero-order valence-corrected chi connectivity index (χ0v) is 12.1. The Balaban J connectivity index is 2.07. The molecule has 0 radical (unpaired) electrons. The lowest BCUT2D eigenvalue weighted by Gasteiger charge is -2.09. The summed E-state index contributed by atoms with van der Waals surface area (Å²) in [6, 6.07) is 15.4. The first-order chi connectivity index (χ1) is 9.13. The molecule has 1 N–H and O–H groups in total. The molecule has 0 spiro atoms. The molecule has 2 rings (SSSR count). The Morgan fingerprint density at radius 2 is 1.95 bits per heavy atom. The molecule has 19 heavy (non-hydrogen) atoms. The summed E-state index contributed by atoms with van der Waals surface area (Å²) in [6.45, 7) is 1.97. The van der Waals surface area contributed by atoms with Gasteiger partial charge in [-0.1, -0.05) is 46.3 Å². The molecule has 0 saturated carbocycles. The quantitative estimate of drug-likeness (QED) is 0.925. The smallest absolute Gasteiger partial charge is 0.221 e. The second-order valence-corrected chi connectivity index (χ2v) is 5.05. The van der Waals surface area contributed by atoms with Crippen molar-refractivity contribution in [1.29, 1.82) is 0 Å². The number of halogens is 1. The summed E-state index contributed by atoms with van der Waals surface area (Å²) in [6.07, 6.45) is 0. The third-order valence-electron chi connectivity index (χ3n) is 2.44. The van der Waals surface area contributed by atoms with Crippen LogP contribution in [0.25, 0.3) is 0 Å². The number of hydrogen-bond donors (Lipinski definition) is 1. The van der Waals surface area contributed by atoms with Gasteiger partial charge in [0.15, 0.2) is 0 Å². The maximum Gasteiger partial charge on any atom is 0.221 e. The van der Waals surface area contributed by atoms with Gasteiger partial charge in [-0.2, -0.15) is 0 Å². The van der Waals surface area contributed by atoms with E-state index in [0.29, 0.717) is 18.0 Å². The average molecular weight is 320 g/mol. The Morgan fingerprint density at radius 1 is 1.21 bits per heavy atom. The number of carbonyl (C=O) groups excluding carboxylic acids is 1. The van der Waals surface area contributed by atoms with E-state index < -0.39 is 0 Å². The van der Waals surface area contributed by atoms with E-state index in [1.165, 1.54) is 6.92 Å². The van der Waals surface area contributed by atoms with E-state index in [-0.39, 0.29) is 5.91 Å². The number of benzene rings is 2. The van der Waals surface area contributed by atoms with Gasteiger partial charge < -0.3 is 10.1 Å². The molecule has 98 valence electrons. The maximum absolute atomic E-state index is 11.0. The van der Waals surface area contributed by atoms with Crippen LogP contribution in [0.4, 0.5) is 5.69 Å². The molecule has 0 unspecified atom stereocenters. The van der Waals surface area contributed by atoms with E-state index in [9.17, 15) is 4.79 Å². The first-order valence-corrected chi connectivity index (χ1v) is 6.68. The van der Waals surface area contributed by atoms with Crippen LogP contribution in [0.3, 0.4) is 0 Å². The van der Waals surface area contributed by atoms with Crippen LogP contribution in [0.2, 0.25) is 0 Å². The molecule has 0 aliphatic heterocycles. The van der Waals surface area contributed by atoms with Gasteiger partial charge in [-0.25, -0.2) is 0 Å². The van der Waals surface area contributed by atoms with Crippen molar-refractivity contribution in [3.05, 3.63) is 58.6 Å². The summed E-state index contributed by atoms with van der Waals surface area (Å²) in [5, 5.41) is 2.74. The van der Waals surface area contributed by atoms with Gasteiger partial charge in [0, 0.05) is 23.2 Å². The molecule has 2 aromatic carbocycles. The minimum Gasteiger partial charge on any atom is -0.489 e. The SMILES string of the molecule is CC(=O)Nc1cc(Br)cc(OCc2ccccc2)c1. The molecule has 0 heterocycles. The maximum atomic E-state index is 11.0. The van der Waals surface area contributed by atoms with E-state index in [4.69, 9.17) is 4.74 Å². The van der Waals surface area contributed by atoms with Crippen molar-refractivity contribution in [2.24, 2.45) is 0 Å². The van der Waals surface area contributed by atoms with Crippen molar-refractivity contribution < 1.29 is 9.53 Å². The predicted octanol–water partition coefficient (Wildman–Crippen LogP) is 3.99. The van der Waals surface area contributed by atoms with Gasteiger partial charge in [0.05, 0.1) is 0 Å². The average Bonchev–Trinajstić information content (AvgIpc) is 2.36. The highest BCUT2D eigenvalue weighted by atomic mass is 79.9. The highest BCUT2D eigenvalue weighted by molar-refractivity contribution is 9.10. The number of rotatable bonds is 4. The fraction of sp³-hybridized carbons (Fsp3) is 0.133. The third kappa shape index (κ3) is 4.41. The van der Waals surface area contributed by atoms with Crippen LogP contribution in [-0.2, 0) is 11.4 Å².